The normalized spacial score (nSPS) is 12.8. The number of imidazole rings is 2. The Bertz CT molecular complexity index is 2060. The lowest BCUT2D eigenvalue weighted by molar-refractivity contribution is 1.13. The Morgan fingerprint density at radius 2 is 1.69 bits per heavy atom. The van der Waals surface area contributed by atoms with Crippen LogP contribution in [0.3, 0.4) is 0 Å². The SMILES string of the molecule is C=C/C=C\c1c(C)nc2c3ccc4c(=O)n5c6ccccc6nc5c5sc(c(=O)n12)c3c45. The van der Waals surface area contributed by atoms with E-state index in [2.05, 4.69) is 6.58 Å². The molecule has 7 aromatic rings. The monoisotopic (exact) mass is 434 g/mol. The molecule has 0 unspecified atom stereocenters. The number of hydrogen-bond acceptors (Lipinski definition) is 5. The third-order valence-corrected chi connectivity index (χ3v) is 7.36. The molecular weight excluding hydrogens is 420 g/mol. The molecule has 0 fully saturated rings. The van der Waals surface area contributed by atoms with Crippen molar-refractivity contribution in [1.29, 1.82) is 0 Å². The summed E-state index contributed by atoms with van der Waals surface area (Å²) < 4.78 is 4.78. The largest absolute Gasteiger partial charge is 0.274 e. The summed E-state index contributed by atoms with van der Waals surface area (Å²) in [7, 11) is 0. The smallest absolute Gasteiger partial charge is 0.268 e. The fourth-order valence-electron chi connectivity index (χ4n) is 4.84. The van der Waals surface area contributed by atoms with Crippen molar-refractivity contribution in [2.75, 3.05) is 0 Å². The number of fused-ring (bicyclic) bond motifs is 6. The van der Waals surface area contributed by atoms with E-state index in [4.69, 9.17) is 9.97 Å². The van der Waals surface area contributed by atoms with Crippen LogP contribution in [-0.4, -0.2) is 18.8 Å². The third kappa shape index (κ3) is 1.90. The van der Waals surface area contributed by atoms with Crippen molar-refractivity contribution in [2.45, 2.75) is 6.92 Å². The molecule has 7 rings (SSSR count). The Hall–Kier alpha value is -4.10. The second kappa shape index (κ2) is 5.77. The molecule has 5 aromatic heterocycles. The molecule has 0 N–H and O–H groups in total. The van der Waals surface area contributed by atoms with Crippen LogP contribution >= 0.6 is 11.3 Å². The van der Waals surface area contributed by atoms with Gasteiger partial charge in [-0.05, 0) is 37.3 Å². The summed E-state index contributed by atoms with van der Waals surface area (Å²) in [4.78, 5) is 36.7. The molecule has 7 heteroatoms. The van der Waals surface area contributed by atoms with Gasteiger partial charge in [0, 0.05) is 21.5 Å². The highest BCUT2D eigenvalue weighted by atomic mass is 32.1. The molecular formula is C25H14N4O2S. The zero-order chi connectivity index (χ0) is 21.7. The van der Waals surface area contributed by atoms with Crippen molar-refractivity contribution >= 4 is 70.7 Å². The lowest BCUT2D eigenvalue weighted by atomic mass is 10.0. The molecule has 6 nitrogen and oxygen atoms in total. The molecule has 0 saturated heterocycles. The molecule has 0 aliphatic carbocycles. The van der Waals surface area contributed by atoms with Crippen LogP contribution in [0.2, 0.25) is 0 Å². The molecule has 0 saturated carbocycles. The number of pyridine rings is 2. The summed E-state index contributed by atoms with van der Waals surface area (Å²) in [5, 5.41) is 3.06. The number of aromatic nitrogens is 4. The van der Waals surface area contributed by atoms with E-state index >= 15 is 0 Å². The third-order valence-electron chi connectivity index (χ3n) is 6.19. The van der Waals surface area contributed by atoms with Crippen molar-refractivity contribution in [1.82, 2.24) is 18.8 Å². The van der Waals surface area contributed by atoms with Crippen LogP contribution in [0.5, 0.6) is 0 Å². The van der Waals surface area contributed by atoms with Gasteiger partial charge in [0.2, 0.25) is 0 Å². The zero-order valence-corrected chi connectivity index (χ0v) is 17.7. The number of aryl methyl sites for hydroxylation is 1. The number of para-hydroxylation sites is 2. The first-order chi connectivity index (χ1) is 15.6. The minimum atomic E-state index is -0.132. The van der Waals surface area contributed by atoms with Gasteiger partial charge in [-0.25, -0.2) is 9.97 Å². The maximum atomic E-state index is 13.7. The van der Waals surface area contributed by atoms with Crippen molar-refractivity contribution in [2.24, 2.45) is 0 Å². The number of allylic oxidation sites excluding steroid dienone is 2. The standard InChI is InChI=1S/C25H14N4O2S/c1-3-4-8-16-12(2)26-22-13-10-11-14-19-18(13)21(25(31)28(16)22)32-20(19)23-27-15-7-5-6-9-17(15)29(23)24(14)30/h3-11H,1H2,2H3/b8-4-. The summed E-state index contributed by atoms with van der Waals surface area (Å²) in [5.74, 6) is 0. The van der Waals surface area contributed by atoms with Gasteiger partial charge in [0.15, 0.2) is 5.65 Å². The lowest BCUT2D eigenvalue weighted by Crippen LogP contribution is -2.14. The van der Waals surface area contributed by atoms with Crippen molar-refractivity contribution in [3.8, 4) is 0 Å². The Labute approximate surface area is 183 Å². The maximum Gasteiger partial charge on any atom is 0.274 e. The molecule has 0 spiro atoms. The minimum absolute atomic E-state index is 0.121. The van der Waals surface area contributed by atoms with E-state index < -0.39 is 0 Å². The van der Waals surface area contributed by atoms with Gasteiger partial charge in [0.1, 0.15) is 10.3 Å². The lowest BCUT2D eigenvalue weighted by Gasteiger charge is -2.05. The van der Waals surface area contributed by atoms with E-state index in [0.29, 0.717) is 21.4 Å². The van der Waals surface area contributed by atoms with E-state index in [0.717, 1.165) is 43.3 Å². The molecule has 0 bridgehead atoms. The van der Waals surface area contributed by atoms with Gasteiger partial charge in [-0.2, -0.15) is 0 Å². The van der Waals surface area contributed by atoms with Crippen LogP contribution in [0, 0.1) is 6.92 Å². The van der Waals surface area contributed by atoms with Gasteiger partial charge in [0.25, 0.3) is 11.1 Å². The predicted octanol–water partition coefficient (Wildman–Crippen LogP) is 4.76. The average molecular weight is 434 g/mol. The Morgan fingerprint density at radius 3 is 2.53 bits per heavy atom. The van der Waals surface area contributed by atoms with Gasteiger partial charge in [-0.1, -0.05) is 30.9 Å². The van der Waals surface area contributed by atoms with Crippen LogP contribution in [0.4, 0.5) is 0 Å². The first kappa shape index (κ1) is 17.6. The summed E-state index contributed by atoms with van der Waals surface area (Å²) in [6.45, 7) is 5.62. The predicted molar refractivity (Wildman–Crippen MR) is 131 cm³/mol. The van der Waals surface area contributed by atoms with E-state index in [-0.39, 0.29) is 11.1 Å². The van der Waals surface area contributed by atoms with Crippen molar-refractivity contribution in [3.05, 3.63) is 87.2 Å². The summed E-state index contributed by atoms with van der Waals surface area (Å²) in [5.41, 5.74) is 3.98. The second-order valence-corrected chi connectivity index (χ2v) is 8.90. The van der Waals surface area contributed by atoms with Gasteiger partial charge < -0.3 is 0 Å². The fraction of sp³-hybridized carbons (Fsp3) is 0.0400. The molecule has 0 atom stereocenters. The van der Waals surface area contributed by atoms with Crippen LogP contribution in [-0.2, 0) is 0 Å². The molecule has 152 valence electrons. The number of hydrogen-bond donors (Lipinski definition) is 0. The van der Waals surface area contributed by atoms with Crippen LogP contribution in [0.15, 0.2) is 64.7 Å². The van der Waals surface area contributed by atoms with E-state index in [9.17, 15) is 9.59 Å². The first-order valence-corrected chi connectivity index (χ1v) is 11.0. The number of rotatable bonds is 2. The first-order valence-electron chi connectivity index (χ1n) is 10.2. The highest BCUT2D eigenvalue weighted by Gasteiger charge is 2.25. The van der Waals surface area contributed by atoms with Gasteiger partial charge in [0.05, 0.1) is 27.1 Å². The summed E-state index contributed by atoms with van der Waals surface area (Å²) in [6.07, 6.45) is 5.32. The number of nitrogens with zero attached hydrogens (tertiary/aromatic N) is 4. The zero-order valence-electron chi connectivity index (χ0n) is 16.9. The number of thiophene rings is 1. The Morgan fingerprint density at radius 1 is 0.906 bits per heavy atom. The second-order valence-electron chi connectivity index (χ2n) is 7.88. The van der Waals surface area contributed by atoms with Gasteiger partial charge in [-0.3, -0.25) is 18.4 Å². The van der Waals surface area contributed by atoms with Crippen molar-refractivity contribution in [3.63, 3.8) is 0 Å². The molecule has 32 heavy (non-hydrogen) atoms. The summed E-state index contributed by atoms with van der Waals surface area (Å²) >= 11 is 1.40. The van der Waals surface area contributed by atoms with Crippen molar-refractivity contribution < 1.29 is 0 Å². The molecule has 0 amide bonds. The van der Waals surface area contributed by atoms with Gasteiger partial charge >= 0.3 is 0 Å². The topological polar surface area (TPSA) is 68.7 Å². The van der Waals surface area contributed by atoms with Crippen LogP contribution in [0.25, 0.3) is 59.3 Å². The number of benzene rings is 2. The highest BCUT2D eigenvalue weighted by Crippen LogP contribution is 2.41. The van der Waals surface area contributed by atoms with Crippen LogP contribution in [0.1, 0.15) is 11.4 Å². The molecule has 0 radical (unpaired) electrons. The molecule has 2 aromatic carbocycles. The summed E-state index contributed by atoms with van der Waals surface area (Å²) in [6, 6.07) is 11.4. The van der Waals surface area contributed by atoms with E-state index in [1.165, 1.54) is 11.3 Å². The fourth-order valence-corrected chi connectivity index (χ4v) is 6.08. The Balaban J connectivity index is 1.80. The van der Waals surface area contributed by atoms with Gasteiger partial charge in [-0.15, -0.1) is 11.3 Å². The average Bonchev–Trinajstić information content (AvgIpc) is 3.47. The maximum absolute atomic E-state index is 13.7. The Kier molecular flexibility index (Phi) is 3.17. The van der Waals surface area contributed by atoms with E-state index in [1.807, 2.05) is 49.4 Å². The quantitative estimate of drug-likeness (QED) is 0.291. The molecule has 5 heterocycles. The van der Waals surface area contributed by atoms with E-state index in [1.54, 1.807) is 21.0 Å². The minimum Gasteiger partial charge on any atom is -0.268 e. The molecule has 0 aliphatic heterocycles. The highest BCUT2D eigenvalue weighted by molar-refractivity contribution is 7.26. The molecule has 0 aliphatic rings. The van der Waals surface area contributed by atoms with Crippen LogP contribution < -0.4 is 11.1 Å².